The predicted molar refractivity (Wildman–Crippen MR) is 121 cm³/mol. The van der Waals surface area contributed by atoms with Crippen LogP contribution in [0, 0.1) is 5.82 Å². The van der Waals surface area contributed by atoms with E-state index < -0.39 is 15.8 Å². The Morgan fingerprint density at radius 3 is 2.03 bits per heavy atom. The average Bonchev–Trinajstić information content (AvgIpc) is 2.79. The van der Waals surface area contributed by atoms with Crippen LogP contribution in [0.3, 0.4) is 0 Å². The minimum Gasteiger partial charge on any atom is -0.508 e. The summed E-state index contributed by atoms with van der Waals surface area (Å²) in [4.78, 5) is 24.1. The summed E-state index contributed by atoms with van der Waals surface area (Å²) in [5.74, 6) is -1.20. The Morgan fingerprint density at radius 1 is 0.818 bits per heavy atom. The van der Waals surface area contributed by atoms with Gasteiger partial charge in [-0.05, 0) is 73.2 Å². The number of sulfonamides is 1. The molecule has 172 valence electrons. The number of phenolic OH excluding ortho intramolecular Hbond substituents is 1. The molecule has 0 unspecified atom stereocenters. The summed E-state index contributed by atoms with van der Waals surface area (Å²) in [5, 5.41) is 14.8. The Bertz CT molecular complexity index is 1230. The van der Waals surface area contributed by atoms with Crippen molar-refractivity contribution in [2.24, 2.45) is 0 Å². The van der Waals surface area contributed by atoms with Crippen LogP contribution < -0.4 is 15.4 Å². The summed E-state index contributed by atoms with van der Waals surface area (Å²) in [6, 6.07) is 16.3. The third-order valence-electron chi connectivity index (χ3n) is 4.56. The van der Waals surface area contributed by atoms with Gasteiger partial charge in [0, 0.05) is 29.9 Å². The van der Waals surface area contributed by atoms with E-state index >= 15 is 0 Å². The number of benzene rings is 3. The lowest BCUT2D eigenvalue weighted by Crippen LogP contribution is -2.29. The molecule has 0 aromatic heterocycles. The number of anilines is 1. The molecule has 0 bridgehead atoms. The predicted octanol–water partition coefficient (Wildman–Crippen LogP) is 2.88. The lowest BCUT2D eigenvalue weighted by atomic mass is 10.2. The van der Waals surface area contributed by atoms with Crippen LogP contribution in [0.15, 0.2) is 77.7 Å². The standard InChI is InChI=1S/C23H22FN3O5S/c24-18-7-11-21(12-8-18)33(31,32)27-19-9-5-16(6-10-19)22(29)25-13-2-14-26-23(30)17-3-1-4-20(28)15-17/h1,3-12,15,27-28H,2,13-14H2,(H,25,29)(H,26,30). The minimum absolute atomic E-state index is 0.00388. The number of rotatable bonds is 9. The second-order valence-electron chi connectivity index (χ2n) is 7.05. The maximum atomic E-state index is 13.0. The number of hydrogen-bond donors (Lipinski definition) is 4. The number of halogens is 1. The average molecular weight is 472 g/mol. The molecule has 0 aliphatic carbocycles. The Kier molecular flexibility index (Phi) is 7.62. The highest BCUT2D eigenvalue weighted by Gasteiger charge is 2.14. The van der Waals surface area contributed by atoms with Crippen LogP contribution >= 0.6 is 0 Å². The summed E-state index contributed by atoms with van der Waals surface area (Å²) in [5.41, 5.74) is 0.934. The van der Waals surface area contributed by atoms with Crippen LogP contribution in [0.4, 0.5) is 10.1 Å². The van der Waals surface area contributed by atoms with Crippen LogP contribution in [0.25, 0.3) is 0 Å². The Balaban J connectivity index is 1.44. The molecule has 3 aromatic rings. The van der Waals surface area contributed by atoms with Crippen molar-refractivity contribution in [1.82, 2.24) is 10.6 Å². The van der Waals surface area contributed by atoms with Crippen LogP contribution in [0.2, 0.25) is 0 Å². The molecule has 0 saturated heterocycles. The number of aromatic hydroxyl groups is 1. The number of phenols is 1. The molecule has 3 aromatic carbocycles. The quantitative estimate of drug-likeness (QED) is 0.357. The lowest BCUT2D eigenvalue weighted by Gasteiger charge is -2.10. The van der Waals surface area contributed by atoms with Crippen LogP contribution in [-0.2, 0) is 10.0 Å². The molecule has 10 heteroatoms. The van der Waals surface area contributed by atoms with Crippen molar-refractivity contribution in [3.8, 4) is 5.75 Å². The fraction of sp³-hybridized carbons (Fsp3) is 0.130. The first kappa shape index (κ1) is 23.7. The zero-order valence-electron chi connectivity index (χ0n) is 17.4. The number of nitrogens with one attached hydrogen (secondary N) is 3. The van der Waals surface area contributed by atoms with Gasteiger partial charge in [-0.2, -0.15) is 0 Å². The van der Waals surface area contributed by atoms with Crippen molar-refractivity contribution in [3.05, 3.63) is 89.7 Å². The molecule has 0 saturated carbocycles. The van der Waals surface area contributed by atoms with Crippen molar-refractivity contribution in [1.29, 1.82) is 0 Å². The largest absolute Gasteiger partial charge is 0.508 e. The summed E-state index contributed by atoms with van der Waals surface area (Å²) < 4.78 is 40.0. The Hall–Kier alpha value is -3.92. The first-order valence-corrected chi connectivity index (χ1v) is 11.5. The van der Waals surface area contributed by atoms with Gasteiger partial charge < -0.3 is 15.7 Å². The molecule has 0 aliphatic rings. The summed E-state index contributed by atoms with van der Waals surface area (Å²) in [7, 11) is -3.88. The molecular weight excluding hydrogens is 449 g/mol. The first-order valence-electron chi connectivity index (χ1n) is 9.98. The third-order valence-corrected chi connectivity index (χ3v) is 5.95. The molecule has 4 N–H and O–H groups in total. The van der Waals surface area contributed by atoms with Gasteiger partial charge in [0.25, 0.3) is 21.8 Å². The zero-order valence-corrected chi connectivity index (χ0v) is 18.2. The molecule has 0 heterocycles. The minimum atomic E-state index is -3.88. The van der Waals surface area contributed by atoms with Gasteiger partial charge in [0.15, 0.2) is 0 Å². The molecule has 0 radical (unpaired) electrons. The van der Waals surface area contributed by atoms with E-state index in [0.717, 1.165) is 24.3 Å². The fourth-order valence-electron chi connectivity index (χ4n) is 2.86. The van der Waals surface area contributed by atoms with E-state index in [1.165, 1.54) is 36.4 Å². The highest BCUT2D eigenvalue weighted by molar-refractivity contribution is 7.92. The van der Waals surface area contributed by atoms with E-state index in [4.69, 9.17) is 0 Å². The second-order valence-corrected chi connectivity index (χ2v) is 8.73. The normalized spacial score (nSPS) is 10.9. The van der Waals surface area contributed by atoms with E-state index in [1.807, 2.05) is 0 Å². The lowest BCUT2D eigenvalue weighted by molar-refractivity contribution is 0.0951. The van der Waals surface area contributed by atoms with Crippen molar-refractivity contribution < 1.29 is 27.5 Å². The molecule has 3 rings (SSSR count). The van der Waals surface area contributed by atoms with Gasteiger partial charge in [-0.1, -0.05) is 6.07 Å². The van der Waals surface area contributed by atoms with Gasteiger partial charge in [0.2, 0.25) is 0 Å². The van der Waals surface area contributed by atoms with Crippen LogP contribution in [0.1, 0.15) is 27.1 Å². The molecule has 0 atom stereocenters. The summed E-state index contributed by atoms with van der Waals surface area (Å²) in [6.45, 7) is 0.650. The van der Waals surface area contributed by atoms with Gasteiger partial charge in [0.1, 0.15) is 11.6 Å². The molecular formula is C23H22FN3O5S. The SMILES string of the molecule is O=C(NCCCNC(=O)c1cccc(O)c1)c1ccc(NS(=O)(=O)c2ccc(F)cc2)cc1. The number of carbonyl (C=O) groups is 2. The maximum absolute atomic E-state index is 13.0. The molecule has 33 heavy (non-hydrogen) atoms. The highest BCUT2D eigenvalue weighted by Crippen LogP contribution is 2.17. The number of carbonyl (C=O) groups excluding carboxylic acids is 2. The first-order chi connectivity index (χ1) is 15.7. The number of amides is 2. The highest BCUT2D eigenvalue weighted by atomic mass is 32.2. The summed E-state index contributed by atoms with van der Waals surface area (Å²) >= 11 is 0. The smallest absolute Gasteiger partial charge is 0.261 e. The van der Waals surface area contributed by atoms with Gasteiger partial charge in [-0.3, -0.25) is 14.3 Å². The van der Waals surface area contributed by atoms with Crippen LogP contribution in [-0.4, -0.2) is 38.4 Å². The topological polar surface area (TPSA) is 125 Å². The molecule has 0 fully saturated rings. The van der Waals surface area contributed by atoms with E-state index in [0.29, 0.717) is 30.6 Å². The Morgan fingerprint density at radius 2 is 1.42 bits per heavy atom. The fourth-order valence-corrected chi connectivity index (χ4v) is 3.92. The van der Waals surface area contributed by atoms with Gasteiger partial charge in [-0.15, -0.1) is 0 Å². The van der Waals surface area contributed by atoms with E-state index in [-0.39, 0.29) is 28.1 Å². The van der Waals surface area contributed by atoms with Crippen LogP contribution in [0.5, 0.6) is 5.75 Å². The van der Waals surface area contributed by atoms with E-state index in [1.54, 1.807) is 12.1 Å². The van der Waals surface area contributed by atoms with Crippen molar-refractivity contribution in [3.63, 3.8) is 0 Å². The van der Waals surface area contributed by atoms with Gasteiger partial charge in [0.05, 0.1) is 4.90 Å². The summed E-state index contributed by atoms with van der Waals surface area (Å²) in [6.07, 6.45) is 0.492. The monoisotopic (exact) mass is 471 g/mol. The van der Waals surface area contributed by atoms with Gasteiger partial charge >= 0.3 is 0 Å². The van der Waals surface area contributed by atoms with Gasteiger partial charge in [-0.25, -0.2) is 12.8 Å². The Labute approximate surface area is 190 Å². The van der Waals surface area contributed by atoms with E-state index in [9.17, 15) is 27.5 Å². The molecule has 2 amide bonds. The van der Waals surface area contributed by atoms with E-state index in [2.05, 4.69) is 15.4 Å². The molecule has 8 nitrogen and oxygen atoms in total. The third kappa shape index (κ3) is 6.78. The van der Waals surface area contributed by atoms with Crippen molar-refractivity contribution >= 4 is 27.5 Å². The molecule has 0 aliphatic heterocycles. The maximum Gasteiger partial charge on any atom is 0.261 e. The molecule has 0 spiro atoms. The zero-order chi connectivity index (χ0) is 23.8. The second kappa shape index (κ2) is 10.6. The van der Waals surface area contributed by atoms with Crippen molar-refractivity contribution in [2.75, 3.05) is 17.8 Å². The number of hydrogen-bond acceptors (Lipinski definition) is 5. The van der Waals surface area contributed by atoms with Crippen molar-refractivity contribution in [2.45, 2.75) is 11.3 Å².